The molecule has 1 aromatic carbocycles. The zero-order valence-corrected chi connectivity index (χ0v) is 19.2. The number of carbonyl (C=O) groups excluding carboxylic acids is 1. The minimum absolute atomic E-state index is 0.0319. The predicted molar refractivity (Wildman–Crippen MR) is 122 cm³/mol. The number of alkyl halides is 1. The molecule has 0 bridgehead atoms. The molecule has 1 aliphatic rings. The second kappa shape index (κ2) is 9.05. The van der Waals surface area contributed by atoms with Crippen LogP contribution in [0.2, 0.25) is 5.02 Å². The van der Waals surface area contributed by atoms with Gasteiger partial charge in [-0.15, -0.1) is 10.2 Å². The van der Waals surface area contributed by atoms with Gasteiger partial charge < -0.3 is 15.0 Å². The molecule has 2 aromatic heterocycles. The topological polar surface area (TPSA) is 80.2 Å². The van der Waals surface area contributed by atoms with Crippen molar-refractivity contribution in [2.24, 2.45) is 0 Å². The third-order valence-electron chi connectivity index (χ3n) is 5.16. The molecule has 0 radical (unpaired) electrons. The number of aromatic nitrogens is 3. The fourth-order valence-electron chi connectivity index (χ4n) is 3.80. The maximum absolute atomic E-state index is 14.5. The molecule has 1 amide bonds. The molecule has 1 N–H and O–H groups in total. The number of piperidine rings is 1. The third kappa shape index (κ3) is 5.30. The maximum atomic E-state index is 14.5. The molecule has 33 heavy (non-hydrogen) atoms. The highest BCUT2D eigenvalue weighted by atomic mass is 35.5. The van der Waals surface area contributed by atoms with Crippen molar-refractivity contribution in [3.8, 4) is 11.3 Å². The number of pyridine rings is 1. The summed E-state index contributed by atoms with van der Waals surface area (Å²) in [5, 5.41) is 13.2. The summed E-state index contributed by atoms with van der Waals surface area (Å²) in [4.78, 5) is 18.0. The first-order valence-corrected chi connectivity index (χ1v) is 10.9. The molecule has 0 aliphatic carbocycles. The molecule has 0 unspecified atom stereocenters. The van der Waals surface area contributed by atoms with Crippen LogP contribution in [-0.4, -0.2) is 57.1 Å². The van der Waals surface area contributed by atoms with E-state index in [0.29, 0.717) is 22.3 Å². The second-order valence-electron chi connectivity index (χ2n) is 9.00. The van der Waals surface area contributed by atoms with Crippen LogP contribution in [0, 0.1) is 5.82 Å². The average molecular weight is 476 g/mol. The van der Waals surface area contributed by atoms with Gasteiger partial charge in [0, 0.05) is 52.8 Å². The largest absolute Gasteiger partial charge is 0.444 e. The lowest BCUT2D eigenvalue weighted by atomic mass is 10.0. The Balaban J connectivity index is 1.62. The lowest BCUT2D eigenvalue weighted by molar-refractivity contribution is 0.0124. The predicted octanol–water partition coefficient (Wildman–Crippen LogP) is 5.24. The number of benzene rings is 1. The van der Waals surface area contributed by atoms with Crippen LogP contribution in [0.5, 0.6) is 0 Å². The smallest absolute Gasteiger partial charge is 0.410 e. The number of halogens is 3. The van der Waals surface area contributed by atoms with E-state index in [0.717, 1.165) is 0 Å². The molecule has 1 aliphatic heterocycles. The molecule has 174 valence electrons. The van der Waals surface area contributed by atoms with Gasteiger partial charge in [0.15, 0.2) is 5.82 Å². The zero-order valence-electron chi connectivity index (χ0n) is 18.5. The second-order valence-corrected chi connectivity index (χ2v) is 9.44. The van der Waals surface area contributed by atoms with Gasteiger partial charge in [0.25, 0.3) is 0 Å². The normalized spacial score (nSPS) is 18.9. The summed E-state index contributed by atoms with van der Waals surface area (Å²) < 4.78 is 34.4. The summed E-state index contributed by atoms with van der Waals surface area (Å²) in [6.45, 7) is 5.49. The van der Waals surface area contributed by atoms with Crippen molar-refractivity contribution in [3.63, 3.8) is 0 Å². The van der Waals surface area contributed by atoms with E-state index in [9.17, 15) is 13.6 Å². The van der Waals surface area contributed by atoms with Crippen LogP contribution in [0.1, 0.15) is 27.2 Å². The van der Waals surface area contributed by atoms with E-state index in [1.165, 1.54) is 11.0 Å². The van der Waals surface area contributed by atoms with Gasteiger partial charge in [0.2, 0.25) is 0 Å². The van der Waals surface area contributed by atoms with E-state index in [1.807, 2.05) is 0 Å². The maximum Gasteiger partial charge on any atom is 0.410 e. The van der Waals surface area contributed by atoms with Gasteiger partial charge in [-0.25, -0.2) is 13.6 Å². The van der Waals surface area contributed by atoms with Crippen LogP contribution in [0.4, 0.5) is 19.4 Å². The molecule has 4 rings (SSSR count). The SMILES string of the molecule is CC(C)(C)OC(=O)N1C[C@H](F)C[C@@H](Nc2nnc(-c3ccc(Cl)cc3F)c3ccncc23)C1. The summed E-state index contributed by atoms with van der Waals surface area (Å²) >= 11 is 5.87. The molecule has 1 fully saturated rings. The van der Waals surface area contributed by atoms with Gasteiger partial charge >= 0.3 is 6.09 Å². The number of hydrogen-bond donors (Lipinski definition) is 1. The van der Waals surface area contributed by atoms with Crippen LogP contribution in [0.15, 0.2) is 36.7 Å². The lowest BCUT2D eigenvalue weighted by Crippen LogP contribution is -2.51. The van der Waals surface area contributed by atoms with E-state index in [4.69, 9.17) is 16.3 Å². The fraction of sp³-hybridized carbons (Fsp3) is 0.391. The van der Waals surface area contributed by atoms with Gasteiger partial charge in [-0.1, -0.05) is 11.6 Å². The molecule has 2 atom stereocenters. The van der Waals surface area contributed by atoms with Gasteiger partial charge in [0.1, 0.15) is 23.3 Å². The molecule has 10 heteroatoms. The van der Waals surface area contributed by atoms with Crippen molar-refractivity contribution >= 4 is 34.3 Å². The molecular formula is C23H24ClF2N5O2. The number of hydrogen-bond acceptors (Lipinski definition) is 6. The zero-order chi connectivity index (χ0) is 23.8. The average Bonchev–Trinajstić information content (AvgIpc) is 2.73. The molecular weight excluding hydrogens is 452 g/mol. The Bertz CT molecular complexity index is 1190. The summed E-state index contributed by atoms with van der Waals surface area (Å²) in [5.74, 6) is -0.143. The Morgan fingerprint density at radius 1 is 1.21 bits per heavy atom. The van der Waals surface area contributed by atoms with Gasteiger partial charge in [0.05, 0.1) is 6.54 Å². The van der Waals surface area contributed by atoms with Crippen LogP contribution in [0.3, 0.4) is 0 Å². The summed E-state index contributed by atoms with van der Waals surface area (Å²) in [7, 11) is 0. The molecule has 7 nitrogen and oxygen atoms in total. The van der Waals surface area contributed by atoms with Gasteiger partial charge in [-0.2, -0.15) is 0 Å². The lowest BCUT2D eigenvalue weighted by Gasteiger charge is -2.36. The number of carbonyl (C=O) groups is 1. The monoisotopic (exact) mass is 475 g/mol. The van der Waals surface area contributed by atoms with E-state index >= 15 is 0 Å². The molecule has 0 saturated carbocycles. The highest BCUT2D eigenvalue weighted by Gasteiger charge is 2.33. The number of rotatable bonds is 3. The van der Waals surface area contributed by atoms with E-state index in [2.05, 4.69) is 20.5 Å². The number of amides is 1. The molecule has 0 spiro atoms. The Kier molecular flexibility index (Phi) is 6.34. The number of anilines is 1. The Labute approximate surface area is 195 Å². The van der Waals surface area contributed by atoms with Gasteiger partial charge in [-0.05, 0) is 45.0 Å². The molecule has 1 saturated heterocycles. The first kappa shape index (κ1) is 23.1. The van der Waals surface area contributed by atoms with E-state index in [-0.39, 0.29) is 30.1 Å². The van der Waals surface area contributed by atoms with Crippen molar-refractivity contribution in [1.29, 1.82) is 0 Å². The first-order chi connectivity index (χ1) is 15.6. The summed E-state index contributed by atoms with van der Waals surface area (Å²) in [5.41, 5.74) is -0.0784. The van der Waals surface area contributed by atoms with Gasteiger partial charge in [-0.3, -0.25) is 4.98 Å². The summed E-state index contributed by atoms with van der Waals surface area (Å²) in [6, 6.07) is 5.63. The van der Waals surface area contributed by atoms with Crippen LogP contribution in [0.25, 0.3) is 22.0 Å². The summed E-state index contributed by atoms with van der Waals surface area (Å²) in [6.07, 6.45) is 1.57. The van der Waals surface area contributed by atoms with E-state index in [1.54, 1.807) is 51.4 Å². The fourth-order valence-corrected chi connectivity index (χ4v) is 3.95. The standard InChI is InChI=1S/C23H24ClF2N5O2/c1-23(2,3)33-22(32)31-11-14(25)9-15(12-31)28-21-18-10-27-7-6-16(18)20(29-30-21)17-5-4-13(24)8-19(17)26/h4-8,10,14-15H,9,11-12H2,1-3H3,(H,28,30)/t14-,15-/m1/s1. The van der Waals surface area contributed by atoms with Crippen LogP contribution >= 0.6 is 11.6 Å². The first-order valence-electron chi connectivity index (χ1n) is 10.5. The number of nitrogens with zero attached hydrogens (tertiary/aromatic N) is 4. The quantitative estimate of drug-likeness (QED) is 0.557. The van der Waals surface area contributed by atoms with Crippen molar-refractivity contribution in [2.75, 3.05) is 18.4 Å². The molecule has 3 aromatic rings. The third-order valence-corrected chi connectivity index (χ3v) is 5.39. The van der Waals surface area contributed by atoms with E-state index < -0.39 is 29.7 Å². The van der Waals surface area contributed by atoms with Crippen molar-refractivity contribution < 1.29 is 18.3 Å². The number of likely N-dealkylation sites (tertiary alicyclic amines) is 1. The number of nitrogens with one attached hydrogen (secondary N) is 1. The number of fused-ring (bicyclic) bond motifs is 1. The van der Waals surface area contributed by atoms with Crippen molar-refractivity contribution in [3.05, 3.63) is 47.5 Å². The van der Waals surface area contributed by atoms with Crippen molar-refractivity contribution in [1.82, 2.24) is 20.1 Å². The Morgan fingerprint density at radius 3 is 2.73 bits per heavy atom. The minimum Gasteiger partial charge on any atom is -0.444 e. The molecule has 3 heterocycles. The highest BCUT2D eigenvalue weighted by Crippen LogP contribution is 2.32. The highest BCUT2D eigenvalue weighted by molar-refractivity contribution is 6.30. The van der Waals surface area contributed by atoms with Crippen LogP contribution in [-0.2, 0) is 4.74 Å². The Morgan fingerprint density at radius 2 is 2.00 bits per heavy atom. The Hall–Kier alpha value is -3.07. The van der Waals surface area contributed by atoms with Crippen molar-refractivity contribution in [2.45, 2.75) is 45.0 Å². The minimum atomic E-state index is -1.22. The van der Waals surface area contributed by atoms with Crippen LogP contribution < -0.4 is 5.32 Å². The number of ether oxygens (including phenoxy) is 1.